The Hall–Kier alpha value is -0.0800. The normalized spacial score (nSPS) is 30.6. The van der Waals surface area contributed by atoms with Gasteiger partial charge in [-0.05, 0) is 44.6 Å². The van der Waals surface area contributed by atoms with Crippen LogP contribution in [-0.4, -0.2) is 25.3 Å². The fraction of sp³-hybridized carbons (Fsp3) is 1.00. The van der Waals surface area contributed by atoms with E-state index in [2.05, 4.69) is 12.2 Å². The van der Waals surface area contributed by atoms with E-state index in [4.69, 9.17) is 4.74 Å². The summed E-state index contributed by atoms with van der Waals surface area (Å²) in [6, 6.07) is 0.637. The van der Waals surface area contributed by atoms with Crippen LogP contribution in [0.15, 0.2) is 0 Å². The fourth-order valence-corrected chi connectivity index (χ4v) is 3.20. The van der Waals surface area contributed by atoms with E-state index in [9.17, 15) is 0 Å². The molecular weight excluding hydrogens is 186 g/mol. The molecule has 2 atom stereocenters. The zero-order chi connectivity index (χ0) is 10.5. The van der Waals surface area contributed by atoms with E-state index in [1.807, 2.05) is 0 Å². The topological polar surface area (TPSA) is 21.3 Å². The molecule has 0 aromatic rings. The van der Waals surface area contributed by atoms with Crippen molar-refractivity contribution < 1.29 is 4.74 Å². The van der Waals surface area contributed by atoms with Gasteiger partial charge in [-0.2, -0.15) is 0 Å². The van der Waals surface area contributed by atoms with Crippen LogP contribution in [0.2, 0.25) is 0 Å². The van der Waals surface area contributed by atoms with Gasteiger partial charge in [0.05, 0.1) is 6.10 Å². The summed E-state index contributed by atoms with van der Waals surface area (Å²) in [4.78, 5) is 0. The second kappa shape index (κ2) is 5.86. The average molecular weight is 211 g/mol. The van der Waals surface area contributed by atoms with Gasteiger partial charge in [-0.1, -0.05) is 19.8 Å². The highest BCUT2D eigenvalue weighted by Crippen LogP contribution is 2.32. The molecule has 1 heterocycles. The van der Waals surface area contributed by atoms with E-state index >= 15 is 0 Å². The Bertz CT molecular complexity index is 171. The van der Waals surface area contributed by atoms with Crippen LogP contribution in [0.4, 0.5) is 0 Å². The van der Waals surface area contributed by atoms with Gasteiger partial charge in [0, 0.05) is 12.6 Å². The predicted octanol–water partition coefficient (Wildman–Crippen LogP) is 2.72. The Labute approximate surface area is 93.8 Å². The Morgan fingerprint density at radius 1 is 1.13 bits per heavy atom. The molecule has 2 nitrogen and oxygen atoms in total. The molecule has 0 spiro atoms. The lowest BCUT2D eigenvalue weighted by molar-refractivity contribution is -0.0201. The molecule has 2 rings (SSSR count). The first kappa shape index (κ1) is 11.4. The first-order valence-corrected chi connectivity index (χ1v) is 6.77. The van der Waals surface area contributed by atoms with Crippen molar-refractivity contribution in [3.63, 3.8) is 0 Å². The van der Waals surface area contributed by atoms with Gasteiger partial charge in [-0.25, -0.2) is 0 Å². The number of rotatable bonds is 4. The molecule has 15 heavy (non-hydrogen) atoms. The summed E-state index contributed by atoms with van der Waals surface area (Å²) in [5.74, 6) is 0.882. The third-order valence-corrected chi connectivity index (χ3v) is 3.96. The number of hydrogen-bond acceptors (Lipinski definition) is 2. The maximum Gasteiger partial charge on any atom is 0.0730 e. The van der Waals surface area contributed by atoms with Gasteiger partial charge in [-0.3, -0.25) is 0 Å². The van der Waals surface area contributed by atoms with Gasteiger partial charge in [-0.15, -0.1) is 0 Å². The summed E-state index contributed by atoms with van der Waals surface area (Å²) >= 11 is 0. The van der Waals surface area contributed by atoms with Crippen molar-refractivity contribution in [1.29, 1.82) is 0 Å². The van der Waals surface area contributed by atoms with E-state index < -0.39 is 0 Å². The highest BCUT2D eigenvalue weighted by Gasteiger charge is 2.32. The maximum atomic E-state index is 5.94. The monoisotopic (exact) mass is 211 g/mol. The first-order chi connectivity index (χ1) is 7.42. The van der Waals surface area contributed by atoms with E-state index in [1.165, 1.54) is 44.9 Å². The second-order valence-corrected chi connectivity index (χ2v) is 5.03. The van der Waals surface area contributed by atoms with Crippen LogP contribution in [0.1, 0.15) is 51.9 Å². The summed E-state index contributed by atoms with van der Waals surface area (Å²) in [5, 5.41) is 3.67. The third-order valence-electron chi connectivity index (χ3n) is 3.96. The summed E-state index contributed by atoms with van der Waals surface area (Å²) in [6.45, 7) is 4.28. The summed E-state index contributed by atoms with van der Waals surface area (Å²) < 4.78 is 5.94. The van der Waals surface area contributed by atoms with Crippen LogP contribution in [-0.2, 0) is 4.74 Å². The standard InChI is InChI=1S/C13H25NO/c1-2-14-13(11-7-3-4-8-11)12-9-5-6-10-15-12/h11-14H,2-10H2,1H3. The van der Waals surface area contributed by atoms with E-state index in [0.717, 1.165) is 19.1 Å². The van der Waals surface area contributed by atoms with Crippen molar-refractivity contribution >= 4 is 0 Å². The van der Waals surface area contributed by atoms with Crippen LogP contribution in [0.25, 0.3) is 0 Å². The molecule has 2 unspecified atom stereocenters. The highest BCUT2D eigenvalue weighted by atomic mass is 16.5. The summed E-state index contributed by atoms with van der Waals surface area (Å²) in [5.41, 5.74) is 0. The van der Waals surface area contributed by atoms with Crippen LogP contribution in [0.5, 0.6) is 0 Å². The largest absolute Gasteiger partial charge is 0.377 e. The van der Waals surface area contributed by atoms with Crippen LogP contribution < -0.4 is 5.32 Å². The maximum absolute atomic E-state index is 5.94. The number of ether oxygens (including phenoxy) is 1. The molecule has 88 valence electrons. The third kappa shape index (κ3) is 2.94. The second-order valence-electron chi connectivity index (χ2n) is 5.03. The van der Waals surface area contributed by atoms with Gasteiger partial charge in [0.1, 0.15) is 0 Å². The molecule has 1 saturated carbocycles. The molecule has 2 aliphatic rings. The zero-order valence-electron chi connectivity index (χ0n) is 10.0. The van der Waals surface area contributed by atoms with Crippen LogP contribution in [0, 0.1) is 5.92 Å². The van der Waals surface area contributed by atoms with Gasteiger partial charge < -0.3 is 10.1 Å². The smallest absolute Gasteiger partial charge is 0.0730 e. The lowest BCUT2D eigenvalue weighted by Gasteiger charge is -2.34. The van der Waals surface area contributed by atoms with Gasteiger partial charge in [0.25, 0.3) is 0 Å². The van der Waals surface area contributed by atoms with Crippen LogP contribution >= 0.6 is 0 Å². The van der Waals surface area contributed by atoms with Crippen molar-refractivity contribution in [2.45, 2.75) is 64.0 Å². The molecule has 1 aliphatic carbocycles. The molecule has 2 fully saturated rings. The summed E-state index contributed by atoms with van der Waals surface area (Å²) in [7, 11) is 0. The van der Waals surface area contributed by atoms with Gasteiger partial charge >= 0.3 is 0 Å². The van der Waals surface area contributed by atoms with E-state index in [-0.39, 0.29) is 0 Å². The number of hydrogen-bond donors (Lipinski definition) is 1. The minimum absolute atomic E-state index is 0.502. The molecule has 0 bridgehead atoms. The van der Waals surface area contributed by atoms with Crippen molar-refractivity contribution in [2.24, 2.45) is 5.92 Å². The fourth-order valence-electron chi connectivity index (χ4n) is 3.20. The molecule has 2 heteroatoms. The molecule has 0 aromatic heterocycles. The molecule has 0 amide bonds. The lowest BCUT2D eigenvalue weighted by Crippen LogP contribution is -2.47. The Morgan fingerprint density at radius 3 is 2.47 bits per heavy atom. The summed E-state index contributed by atoms with van der Waals surface area (Å²) in [6.07, 6.45) is 10.1. The molecule has 1 N–H and O–H groups in total. The highest BCUT2D eigenvalue weighted by molar-refractivity contribution is 4.87. The molecule has 1 aliphatic heterocycles. The average Bonchev–Trinajstić information content (AvgIpc) is 2.80. The molecule has 0 radical (unpaired) electrons. The SMILES string of the molecule is CCNC(C1CCCC1)C1CCCCO1. The zero-order valence-corrected chi connectivity index (χ0v) is 10.0. The van der Waals surface area contributed by atoms with Gasteiger partial charge in [0.2, 0.25) is 0 Å². The molecule has 0 aromatic carbocycles. The quantitative estimate of drug-likeness (QED) is 0.772. The van der Waals surface area contributed by atoms with Gasteiger partial charge in [0.15, 0.2) is 0 Å². The van der Waals surface area contributed by atoms with E-state index in [1.54, 1.807) is 0 Å². The number of nitrogens with one attached hydrogen (secondary N) is 1. The van der Waals surface area contributed by atoms with Crippen molar-refractivity contribution in [2.75, 3.05) is 13.2 Å². The minimum atomic E-state index is 0.502. The molecule has 1 saturated heterocycles. The van der Waals surface area contributed by atoms with Crippen molar-refractivity contribution in [1.82, 2.24) is 5.32 Å². The van der Waals surface area contributed by atoms with E-state index in [0.29, 0.717) is 12.1 Å². The Kier molecular flexibility index (Phi) is 4.45. The predicted molar refractivity (Wildman–Crippen MR) is 63.0 cm³/mol. The lowest BCUT2D eigenvalue weighted by atomic mass is 9.89. The first-order valence-electron chi connectivity index (χ1n) is 6.77. The minimum Gasteiger partial charge on any atom is -0.377 e. The Morgan fingerprint density at radius 2 is 1.87 bits per heavy atom. The van der Waals surface area contributed by atoms with Crippen LogP contribution in [0.3, 0.4) is 0 Å². The van der Waals surface area contributed by atoms with Crippen molar-refractivity contribution in [3.05, 3.63) is 0 Å². The Balaban J connectivity index is 1.90. The molecular formula is C13H25NO. The number of likely N-dealkylation sites (N-methyl/N-ethyl adjacent to an activating group) is 1. The van der Waals surface area contributed by atoms with Crippen molar-refractivity contribution in [3.8, 4) is 0 Å².